The van der Waals surface area contributed by atoms with Crippen LogP contribution in [0.3, 0.4) is 0 Å². The number of rotatable bonds is 3. The zero-order valence-electron chi connectivity index (χ0n) is 10.9. The molecule has 0 bridgehead atoms. The second-order valence-corrected chi connectivity index (χ2v) is 7.78. The SMILES string of the molecule is O=S(=O)(Cl)c1c(C2CCCC2)nn(-c2cccnn2)c1Cl. The van der Waals surface area contributed by atoms with Crippen LogP contribution in [0.2, 0.25) is 5.15 Å². The Labute approximate surface area is 131 Å². The summed E-state index contributed by atoms with van der Waals surface area (Å²) in [5.74, 6) is 0.414. The molecule has 0 amide bonds. The molecule has 0 saturated heterocycles. The van der Waals surface area contributed by atoms with Gasteiger partial charge in [-0.15, -0.1) is 5.10 Å². The molecule has 0 radical (unpaired) electrons. The fourth-order valence-electron chi connectivity index (χ4n) is 2.65. The zero-order chi connectivity index (χ0) is 15.0. The molecule has 0 atom stereocenters. The molecule has 0 aromatic carbocycles. The van der Waals surface area contributed by atoms with Crippen LogP contribution < -0.4 is 0 Å². The lowest BCUT2D eigenvalue weighted by atomic mass is 10.1. The lowest BCUT2D eigenvalue weighted by Crippen LogP contribution is -2.02. The van der Waals surface area contributed by atoms with E-state index in [-0.39, 0.29) is 16.0 Å². The first-order chi connectivity index (χ1) is 9.98. The summed E-state index contributed by atoms with van der Waals surface area (Å²) >= 11 is 6.20. The van der Waals surface area contributed by atoms with Gasteiger partial charge in [0.15, 0.2) is 11.0 Å². The number of halogens is 2. The summed E-state index contributed by atoms with van der Waals surface area (Å²) in [4.78, 5) is -0.108. The quantitative estimate of drug-likeness (QED) is 0.798. The van der Waals surface area contributed by atoms with E-state index < -0.39 is 9.05 Å². The zero-order valence-corrected chi connectivity index (χ0v) is 13.2. The van der Waals surface area contributed by atoms with E-state index in [0.29, 0.717) is 11.5 Å². The summed E-state index contributed by atoms with van der Waals surface area (Å²) in [6.45, 7) is 0. The average Bonchev–Trinajstić information content (AvgIpc) is 3.05. The fourth-order valence-corrected chi connectivity index (χ4v) is 4.49. The van der Waals surface area contributed by atoms with Crippen LogP contribution in [0, 0.1) is 0 Å². The Morgan fingerprint density at radius 2 is 2.00 bits per heavy atom. The molecule has 21 heavy (non-hydrogen) atoms. The second kappa shape index (κ2) is 5.55. The van der Waals surface area contributed by atoms with Crippen molar-refractivity contribution in [2.45, 2.75) is 36.5 Å². The summed E-state index contributed by atoms with van der Waals surface area (Å²) < 4.78 is 25.0. The molecule has 2 aromatic rings. The maximum atomic E-state index is 11.9. The van der Waals surface area contributed by atoms with Gasteiger partial charge in [-0.05, 0) is 25.0 Å². The fraction of sp³-hybridized carbons (Fsp3) is 0.417. The molecule has 112 valence electrons. The molecular weight excluding hydrogens is 335 g/mol. The van der Waals surface area contributed by atoms with E-state index >= 15 is 0 Å². The van der Waals surface area contributed by atoms with Gasteiger partial charge in [0.05, 0.1) is 5.69 Å². The molecule has 1 fully saturated rings. The van der Waals surface area contributed by atoms with Gasteiger partial charge in [0.2, 0.25) is 0 Å². The maximum Gasteiger partial charge on any atom is 0.266 e. The summed E-state index contributed by atoms with van der Waals surface area (Å²) in [6, 6.07) is 3.32. The molecule has 3 rings (SSSR count). The van der Waals surface area contributed by atoms with Crippen LogP contribution in [-0.2, 0) is 9.05 Å². The number of hydrogen-bond donors (Lipinski definition) is 0. The topological polar surface area (TPSA) is 77.7 Å². The van der Waals surface area contributed by atoms with Gasteiger partial charge >= 0.3 is 0 Å². The van der Waals surface area contributed by atoms with Crippen molar-refractivity contribution in [3.05, 3.63) is 29.2 Å². The smallest absolute Gasteiger partial charge is 0.207 e. The van der Waals surface area contributed by atoms with Crippen LogP contribution in [0.25, 0.3) is 5.82 Å². The molecule has 1 aliphatic rings. The Kier molecular flexibility index (Phi) is 3.90. The minimum Gasteiger partial charge on any atom is -0.207 e. The van der Waals surface area contributed by atoms with Crippen molar-refractivity contribution in [1.29, 1.82) is 0 Å². The predicted octanol–water partition coefficient (Wildman–Crippen LogP) is 2.90. The Balaban J connectivity index is 2.20. The molecule has 0 N–H and O–H groups in total. The highest BCUT2D eigenvalue weighted by atomic mass is 35.7. The highest BCUT2D eigenvalue weighted by Crippen LogP contribution is 2.40. The van der Waals surface area contributed by atoms with E-state index in [1.807, 2.05) is 0 Å². The molecule has 1 aliphatic carbocycles. The van der Waals surface area contributed by atoms with Crippen molar-refractivity contribution < 1.29 is 8.42 Å². The third kappa shape index (κ3) is 2.77. The normalized spacial score (nSPS) is 16.5. The van der Waals surface area contributed by atoms with Crippen LogP contribution in [0.4, 0.5) is 0 Å². The lowest BCUT2D eigenvalue weighted by molar-refractivity contribution is 0.604. The largest absolute Gasteiger partial charge is 0.266 e. The van der Waals surface area contributed by atoms with E-state index in [1.54, 1.807) is 12.1 Å². The third-order valence-corrected chi connectivity index (χ3v) is 5.39. The first-order valence-corrected chi connectivity index (χ1v) is 9.18. The third-order valence-electron chi connectivity index (χ3n) is 3.57. The number of hydrogen-bond acceptors (Lipinski definition) is 5. The van der Waals surface area contributed by atoms with Gasteiger partial charge in [-0.1, -0.05) is 24.4 Å². The van der Waals surface area contributed by atoms with Gasteiger partial charge in [0, 0.05) is 22.8 Å². The van der Waals surface area contributed by atoms with Crippen molar-refractivity contribution >= 4 is 31.3 Å². The van der Waals surface area contributed by atoms with E-state index in [4.69, 9.17) is 22.3 Å². The minimum absolute atomic E-state index is 0.0487. The van der Waals surface area contributed by atoms with Crippen molar-refractivity contribution in [1.82, 2.24) is 20.0 Å². The number of aromatic nitrogens is 4. The maximum absolute atomic E-state index is 11.9. The predicted molar refractivity (Wildman–Crippen MR) is 78.4 cm³/mol. The van der Waals surface area contributed by atoms with Gasteiger partial charge in [0.1, 0.15) is 4.90 Å². The van der Waals surface area contributed by atoms with E-state index in [9.17, 15) is 8.42 Å². The summed E-state index contributed by atoms with van der Waals surface area (Å²) in [6.07, 6.45) is 5.36. The molecule has 0 unspecified atom stereocenters. The van der Waals surface area contributed by atoms with E-state index in [0.717, 1.165) is 25.7 Å². The first-order valence-electron chi connectivity index (χ1n) is 6.49. The Morgan fingerprint density at radius 1 is 1.29 bits per heavy atom. The molecule has 2 heterocycles. The van der Waals surface area contributed by atoms with Crippen LogP contribution in [0.15, 0.2) is 23.2 Å². The van der Waals surface area contributed by atoms with Gasteiger partial charge in [-0.25, -0.2) is 13.1 Å². The number of nitrogens with zero attached hydrogens (tertiary/aromatic N) is 4. The average molecular weight is 347 g/mol. The monoisotopic (exact) mass is 346 g/mol. The summed E-state index contributed by atoms with van der Waals surface area (Å²) in [5, 5.41) is 11.9. The molecule has 1 saturated carbocycles. The van der Waals surface area contributed by atoms with Crippen molar-refractivity contribution in [2.24, 2.45) is 0 Å². The second-order valence-electron chi connectivity index (χ2n) is 4.92. The highest BCUT2D eigenvalue weighted by Gasteiger charge is 2.33. The van der Waals surface area contributed by atoms with Crippen LogP contribution in [-0.4, -0.2) is 28.4 Å². The minimum atomic E-state index is -3.98. The standard InChI is InChI=1S/C12H12Cl2N4O2S/c13-12-11(21(14,19)20)10(8-4-1-2-5-8)17-18(12)9-6-3-7-15-16-9/h3,6-8H,1-2,4-5H2. The lowest BCUT2D eigenvalue weighted by Gasteiger charge is -2.06. The van der Waals surface area contributed by atoms with Crippen LogP contribution in [0.5, 0.6) is 0 Å². The summed E-state index contributed by atoms with van der Waals surface area (Å²) in [7, 11) is 1.57. The molecule has 2 aromatic heterocycles. The molecule has 9 heteroatoms. The van der Waals surface area contributed by atoms with Gasteiger partial charge in [0.25, 0.3) is 9.05 Å². The van der Waals surface area contributed by atoms with Gasteiger partial charge < -0.3 is 0 Å². The van der Waals surface area contributed by atoms with E-state index in [2.05, 4.69) is 15.3 Å². The van der Waals surface area contributed by atoms with Gasteiger partial charge in [-0.3, -0.25) is 0 Å². The summed E-state index contributed by atoms with van der Waals surface area (Å²) in [5.41, 5.74) is 0.429. The van der Waals surface area contributed by atoms with Gasteiger partial charge in [-0.2, -0.15) is 10.2 Å². The molecule has 0 aliphatic heterocycles. The van der Waals surface area contributed by atoms with Crippen LogP contribution in [0.1, 0.15) is 37.3 Å². The Morgan fingerprint density at radius 3 is 2.57 bits per heavy atom. The van der Waals surface area contributed by atoms with Crippen LogP contribution >= 0.6 is 22.3 Å². The van der Waals surface area contributed by atoms with Crippen molar-refractivity contribution in [3.8, 4) is 5.82 Å². The van der Waals surface area contributed by atoms with Crippen molar-refractivity contribution in [2.75, 3.05) is 0 Å². The Hall–Kier alpha value is -1.18. The Bertz CT molecular complexity index is 755. The highest BCUT2D eigenvalue weighted by molar-refractivity contribution is 8.13. The first kappa shape index (κ1) is 14.7. The van der Waals surface area contributed by atoms with E-state index in [1.165, 1.54) is 10.9 Å². The molecule has 0 spiro atoms. The van der Waals surface area contributed by atoms with Crippen molar-refractivity contribution in [3.63, 3.8) is 0 Å². The molecule has 6 nitrogen and oxygen atoms in total. The molecular formula is C12H12Cl2N4O2S.